The fourth-order valence-corrected chi connectivity index (χ4v) is 12.6. The summed E-state index contributed by atoms with van der Waals surface area (Å²) in [6.45, 7) is 9.63. The lowest BCUT2D eigenvalue weighted by atomic mass is 9.91. The number of hydrogen-bond donors (Lipinski definition) is 4. The largest absolute Gasteiger partial charge is 0.507 e. The predicted octanol–water partition coefficient (Wildman–Crippen LogP) is 7.64. The topological polar surface area (TPSA) is 253 Å². The molecule has 12 rings (SSSR count). The molecule has 2 saturated carbocycles. The van der Waals surface area contributed by atoms with Crippen molar-refractivity contribution in [2.45, 2.75) is 121 Å². The Balaban J connectivity index is 0.588. The molecule has 3 saturated heterocycles. The first kappa shape index (κ1) is 51.8. The maximum atomic E-state index is 14.3. The lowest BCUT2D eigenvalue weighted by molar-refractivity contribution is -0.141. The number of aromatic nitrogens is 7. The number of fused-ring (bicyclic) bond motifs is 2. The number of nitrogens with zero attached hydrogens (tertiary/aromatic N) is 10. The van der Waals surface area contributed by atoms with Gasteiger partial charge in [-0.15, -0.1) is 21.5 Å². The van der Waals surface area contributed by atoms with Crippen molar-refractivity contribution in [3.8, 4) is 45.1 Å². The minimum Gasteiger partial charge on any atom is -0.507 e. The van der Waals surface area contributed by atoms with Crippen LogP contribution >= 0.6 is 11.3 Å². The number of anilines is 3. The van der Waals surface area contributed by atoms with Gasteiger partial charge in [-0.3, -0.25) is 19.6 Å². The third kappa shape index (κ3) is 10.8. The molecule has 20 nitrogen and oxygen atoms in total. The molecule has 5 N–H and O–H groups in total. The number of β-amino-alcohol motifs (C(OH)–C–C–N with tert-alkyl or cyclic N) is 1. The molecule has 2 bridgehead atoms. The molecule has 5 fully saturated rings. The number of carbonyl (C=O) groups excluding carboxylic acids is 2. The van der Waals surface area contributed by atoms with Gasteiger partial charge in [-0.2, -0.15) is 0 Å². The number of rotatable bonds is 18. The highest BCUT2D eigenvalue weighted by molar-refractivity contribution is 7.13. The molecule has 7 aromatic rings. The highest BCUT2D eigenvalue weighted by atomic mass is 32.1. The molecule has 1 unspecified atom stereocenters. The molecule has 2 aliphatic carbocycles. The average molecular weight is 1090 g/mol. The summed E-state index contributed by atoms with van der Waals surface area (Å²) in [6, 6.07) is 21.9. The number of thiazole rings is 1. The first-order chi connectivity index (χ1) is 38.3. The number of hydrogen-bond acceptors (Lipinski definition) is 19. The number of para-hydroxylation sites is 1. The number of ether oxygens (including phenoxy) is 3. The SMILES string of the molecule is Cc1ncsc1-c1ccc([C@H](C)NC(=O)[C@@H]2C[C@@H](O)CN2C(=O)[C@H](c2cc(OC[C@@H]3C[C@H]3c3ccc(OC4CC(Oc5cc(N6C7CC[C@@H]6CN(c6cc(-c8ccccc8O)nnc6N)C7)ccn5)C4)cn3)no2)C(C)C)cn1. The number of piperazine rings is 1. The molecule has 410 valence electrons. The van der Waals surface area contributed by atoms with Crippen molar-refractivity contribution in [3.63, 3.8) is 0 Å². The number of aliphatic hydroxyl groups is 1. The van der Waals surface area contributed by atoms with E-state index in [0.717, 1.165) is 84.1 Å². The maximum absolute atomic E-state index is 14.3. The Morgan fingerprint density at radius 2 is 1.67 bits per heavy atom. The molecule has 6 aromatic heterocycles. The van der Waals surface area contributed by atoms with Crippen LogP contribution in [-0.4, -0.2) is 125 Å². The Morgan fingerprint density at radius 1 is 0.861 bits per heavy atom. The molecule has 0 spiro atoms. The van der Waals surface area contributed by atoms with E-state index in [0.29, 0.717) is 41.1 Å². The number of likely N-dealkylation sites (tertiary alicyclic amines) is 1. The van der Waals surface area contributed by atoms with Crippen LogP contribution in [0.25, 0.3) is 21.8 Å². The van der Waals surface area contributed by atoms with Crippen molar-refractivity contribution in [2.75, 3.05) is 41.8 Å². The summed E-state index contributed by atoms with van der Waals surface area (Å²) in [5, 5.41) is 36.9. The quantitative estimate of drug-likeness (QED) is 0.0644. The van der Waals surface area contributed by atoms with Gasteiger partial charge in [0, 0.05) is 104 Å². The number of phenolic OH excluding ortho intramolecular Hbond substituents is 1. The van der Waals surface area contributed by atoms with Gasteiger partial charge in [0.25, 0.3) is 5.88 Å². The van der Waals surface area contributed by atoms with Crippen molar-refractivity contribution < 1.29 is 38.5 Å². The van der Waals surface area contributed by atoms with Crippen LogP contribution in [0, 0.1) is 18.8 Å². The molecule has 9 heterocycles. The number of carbonyl (C=O) groups is 2. The second-order valence-electron chi connectivity index (χ2n) is 22.0. The molecule has 2 amide bonds. The van der Waals surface area contributed by atoms with Gasteiger partial charge in [-0.25, -0.2) is 9.97 Å². The van der Waals surface area contributed by atoms with Gasteiger partial charge >= 0.3 is 0 Å². The van der Waals surface area contributed by atoms with Gasteiger partial charge in [0.05, 0.1) is 58.1 Å². The fraction of sp³-hybridized carbons (Fsp3) is 0.431. The van der Waals surface area contributed by atoms with Crippen LogP contribution in [0.4, 0.5) is 17.2 Å². The van der Waals surface area contributed by atoms with Gasteiger partial charge in [-0.05, 0) is 92.2 Å². The molecular formula is C58H64N12O8S. The zero-order valence-corrected chi connectivity index (χ0v) is 45.3. The summed E-state index contributed by atoms with van der Waals surface area (Å²) < 4.78 is 24.5. The summed E-state index contributed by atoms with van der Waals surface area (Å²) in [6.07, 6.45) is 9.12. The zero-order chi connectivity index (χ0) is 54.5. The van der Waals surface area contributed by atoms with Crippen molar-refractivity contribution in [1.82, 2.24) is 45.5 Å². The van der Waals surface area contributed by atoms with E-state index in [-0.39, 0.29) is 84.5 Å². The number of pyridine rings is 3. The van der Waals surface area contributed by atoms with Gasteiger partial charge in [0.2, 0.25) is 17.7 Å². The van der Waals surface area contributed by atoms with E-state index in [4.69, 9.17) is 29.5 Å². The molecule has 3 aliphatic heterocycles. The summed E-state index contributed by atoms with van der Waals surface area (Å²) in [5.74, 6) is 1.32. The monoisotopic (exact) mass is 1090 g/mol. The van der Waals surface area contributed by atoms with E-state index in [1.807, 2.05) is 76.4 Å². The van der Waals surface area contributed by atoms with Crippen molar-refractivity contribution in [3.05, 3.63) is 120 Å². The van der Waals surface area contributed by atoms with Crippen LogP contribution in [0.15, 0.2) is 101 Å². The second kappa shape index (κ2) is 21.7. The highest BCUT2D eigenvalue weighted by Gasteiger charge is 2.45. The third-order valence-corrected chi connectivity index (χ3v) is 17.2. The van der Waals surface area contributed by atoms with Gasteiger partial charge in [0.15, 0.2) is 11.6 Å². The van der Waals surface area contributed by atoms with E-state index >= 15 is 0 Å². The van der Waals surface area contributed by atoms with Gasteiger partial charge < -0.3 is 54.7 Å². The number of aliphatic hydroxyl groups excluding tert-OH is 1. The first-order valence-corrected chi connectivity index (χ1v) is 28.1. The van der Waals surface area contributed by atoms with Crippen molar-refractivity contribution in [1.29, 1.82) is 0 Å². The smallest absolute Gasteiger partial charge is 0.254 e. The summed E-state index contributed by atoms with van der Waals surface area (Å²) >= 11 is 1.53. The standard InChI is InChI=1S/C58H64N12O8S/c1-31(2)54(58(74)69-28-39(71)19-49(69)57(73)64-32(3)34-9-13-46(61-24-34)55-33(4)63-30-79-55)51-23-53(67-78-51)75-29-35-17-44(35)45-14-12-40(25-62-45)76-41-20-42(21-41)77-52-18-36(15-16-60-52)70-37-10-11-38(70)27-68(26-37)48-22-47(65-66-56(48)59)43-7-5-6-8-50(43)72/h5-9,12-16,18,22-25,30-32,35,37-39,41-42,44,49,54,71-72H,10-11,17,19-21,26-29H2,1-4H3,(H2,59,66)(H,64,73)/t32-,35-,37+,38?,39+,41?,42?,44+,49-,54-/m0/s1. The average Bonchev–Trinajstić information content (AvgIpc) is 3.89. The number of aromatic hydroxyl groups is 1. The number of nitrogen functional groups attached to an aromatic ring is 1. The Bertz CT molecular complexity index is 3300. The molecule has 1 aromatic carbocycles. The Hall–Kier alpha value is -7.91. The highest BCUT2D eigenvalue weighted by Crippen LogP contribution is 2.47. The zero-order valence-electron chi connectivity index (χ0n) is 44.5. The Labute approximate surface area is 461 Å². The van der Waals surface area contributed by atoms with E-state index in [1.165, 1.54) is 16.2 Å². The molecule has 79 heavy (non-hydrogen) atoms. The van der Waals surface area contributed by atoms with Crippen LogP contribution in [0.5, 0.6) is 23.3 Å². The van der Waals surface area contributed by atoms with E-state index < -0.39 is 18.1 Å². The van der Waals surface area contributed by atoms with E-state index in [1.54, 1.807) is 36.1 Å². The number of aryl methyl sites for hydroxylation is 1. The van der Waals surface area contributed by atoms with Crippen LogP contribution in [0.2, 0.25) is 0 Å². The molecule has 21 heteroatoms. The minimum absolute atomic E-state index is 0.00825. The lowest BCUT2D eigenvalue weighted by Gasteiger charge is -2.43. The third-order valence-electron chi connectivity index (χ3n) is 16.2. The Morgan fingerprint density at radius 3 is 2.41 bits per heavy atom. The summed E-state index contributed by atoms with van der Waals surface area (Å²) in [4.78, 5) is 53.5. The predicted molar refractivity (Wildman–Crippen MR) is 295 cm³/mol. The number of amides is 2. The maximum Gasteiger partial charge on any atom is 0.254 e. The first-order valence-electron chi connectivity index (χ1n) is 27.2. The molecule has 8 atom stereocenters. The number of nitrogens with two attached hydrogens (primary N) is 1. The lowest BCUT2D eigenvalue weighted by Crippen LogP contribution is -2.54. The second-order valence-corrected chi connectivity index (χ2v) is 22.9. The normalized spacial score (nSPS) is 24.0. The van der Waals surface area contributed by atoms with Gasteiger partial charge in [0.1, 0.15) is 35.7 Å². The van der Waals surface area contributed by atoms with Crippen molar-refractivity contribution in [2.24, 2.45) is 11.8 Å². The van der Waals surface area contributed by atoms with Crippen LogP contribution in [0.3, 0.4) is 0 Å². The van der Waals surface area contributed by atoms with Crippen LogP contribution in [0.1, 0.15) is 99.9 Å². The molecule has 0 radical (unpaired) electrons. The number of nitrogens with one attached hydrogen (secondary N) is 1. The van der Waals surface area contributed by atoms with E-state index in [9.17, 15) is 19.8 Å². The summed E-state index contributed by atoms with van der Waals surface area (Å²) in [5.41, 5.74) is 14.8. The van der Waals surface area contributed by atoms with E-state index in [2.05, 4.69) is 57.6 Å². The van der Waals surface area contributed by atoms with Crippen LogP contribution in [-0.2, 0) is 9.59 Å². The van der Waals surface area contributed by atoms with Crippen molar-refractivity contribution >= 4 is 40.3 Å². The minimum atomic E-state index is -0.860. The Kier molecular flexibility index (Phi) is 14.3. The number of phenols is 1. The summed E-state index contributed by atoms with van der Waals surface area (Å²) in [7, 11) is 0. The molecular weight excluding hydrogens is 1020 g/mol. The van der Waals surface area contributed by atoms with Crippen LogP contribution < -0.4 is 35.1 Å². The van der Waals surface area contributed by atoms with Gasteiger partial charge in [-0.1, -0.05) is 32.0 Å². The molecule has 5 aliphatic rings. The number of benzene rings is 1. The fourth-order valence-electron chi connectivity index (χ4n) is 11.8.